The lowest BCUT2D eigenvalue weighted by Gasteiger charge is -2.30. The molecule has 0 radical (unpaired) electrons. The molecule has 0 aliphatic rings. The summed E-state index contributed by atoms with van der Waals surface area (Å²) in [6.07, 6.45) is 3.67. The summed E-state index contributed by atoms with van der Waals surface area (Å²) in [5.74, 6) is 0. The number of hydrogen-bond acceptors (Lipinski definition) is 3. The van der Waals surface area contributed by atoms with Crippen LogP contribution in [0.25, 0.3) is 0 Å². The molecule has 3 nitrogen and oxygen atoms in total. The van der Waals surface area contributed by atoms with Crippen molar-refractivity contribution in [2.75, 3.05) is 13.1 Å². The van der Waals surface area contributed by atoms with Crippen molar-refractivity contribution in [2.24, 2.45) is 5.73 Å². The summed E-state index contributed by atoms with van der Waals surface area (Å²) in [6, 6.07) is 12.7. The molecule has 0 aliphatic heterocycles. The smallest absolute Gasteiger partial charge is 0.0474 e. The largest absolute Gasteiger partial charge is 0.329 e. The van der Waals surface area contributed by atoms with E-state index in [4.69, 9.17) is 5.73 Å². The summed E-state index contributed by atoms with van der Waals surface area (Å²) in [6.45, 7) is 4.61. The average molecular weight is 334 g/mol. The van der Waals surface area contributed by atoms with E-state index in [1.165, 1.54) is 11.1 Å². The molecule has 0 bridgehead atoms. The van der Waals surface area contributed by atoms with Gasteiger partial charge < -0.3 is 5.73 Å². The third-order valence-electron chi connectivity index (χ3n) is 3.44. The lowest BCUT2D eigenvalue weighted by Crippen LogP contribution is -2.33. The van der Waals surface area contributed by atoms with Crippen LogP contribution < -0.4 is 5.73 Å². The molecule has 0 amide bonds. The fourth-order valence-electron chi connectivity index (χ4n) is 2.37. The van der Waals surface area contributed by atoms with E-state index in [-0.39, 0.29) is 6.04 Å². The predicted molar refractivity (Wildman–Crippen MR) is 86.3 cm³/mol. The van der Waals surface area contributed by atoms with Crippen LogP contribution in [-0.2, 0) is 6.54 Å². The second kappa shape index (κ2) is 7.53. The van der Waals surface area contributed by atoms with Gasteiger partial charge in [-0.2, -0.15) is 0 Å². The highest BCUT2D eigenvalue weighted by Gasteiger charge is 2.18. The number of nitrogens with zero attached hydrogens (tertiary/aromatic N) is 2. The van der Waals surface area contributed by atoms with E-state index in [0.29, 0.717) is 6.54 Å². The average Bonchev–Trinajstić information content (AvgIpc) is 2.48. The lowest BCUT2D eigenvalue weighted by molar-refractivity contribution is 0.203. The second-order valence-electron chi connectivity index (χ2n) is 4.73. The van der Waals surface area contributed by atoms with Gasteiger partial charge in [0.25, 0.3) is 0 Å². The maximum atomic E-state index is 6.02. The molecule has 1 atom stereocenters. The van der Waals surface area contributed by atoms with E-state index < -0.39 is 0 Å². The summed E-state index contributed by atoms with van der Waals surface area (Å²) >= 11 is 3.53. The molecule has 2 N–H and O–H groups in total. The van der Waals surface area contributed by atoms with Crippen LogP contribution >= 0.6 is 15.9 Å². The Labute approximate surface area is 129 Å². The Bertz CT molecular complexity index is 530. The zero-order chi connectivity index (χ0) is 14.4. The molecule has 0 fully saturated rings. The summed E-state index contributed by atoms with van der Waals surface area (Å²) in [5, 5.41) is 0. The van der Waals surface area contributed by atoms with E-state index in [2.05, 4.69) is 63.1 Å². The lowest BCUT2D eigenvalue weighted by atomic mass is 10.0. The van der Waals surface area contributed by atoms with Crippen molar-refractivity contribution in [2.45, 2.75) is 19.5 Å². The first kappa shape index (κ1) is 15.2. The van der Waals surface area contributed by atoms with Gasteiger partial charge in [0.05, 0.1) is 0 Å². The van der Waals surface area contributed by atoms with Crippen molar-refractivity contribution < 1.29 is 0 Å². The Balaban J connectivity index is 2.19. The molecule has 2 aromatic rings. The van der Waals surface area contributed by atoms with E-state index in [1.807, 2.05) is 18.5 Å². The number of rotatable bonds is 6. The monoisotopic (exact) mass is 333 g/mol. The van der Waals surface area contributed by atoms with Crippen molar-refractivity contribution in [3.8, 4) is 0 Å². The molecule has 106 valence electrons. The highest BCUT2D eigenvalue weighted by molar-refractivity contribution is 9.10. The number of hydrogen-bond donors (Lipinski definition) is 1. The molecule has 2 rings (SSSR count). The van der Waals surface area contributed by atoms with Gasteiger partial charge >= 0.3 is 0 Å². The first-order valence-electron chi connectivity index (χ1n) is 6.83. The fraction of sp³-hybridized carbons (Fsp3) is 0.312. The normalized spacial score (nSPS) is 12.6. The number of nitrogens with two attached hydrogens (primary N) is 1. The molecule has 1 unspecified atom stereocenters. The first-order chi connectivity index (χ1) is 9.74. The topological polar surface area (TPSA) is 42.2 Å². The first-order valence-corrected chi connectivity index (χ1v) is 7.62. The number of halogens is 1. The number of pyridine rings is 1. The molecule has 1 aromatic heterocycles. The molecular formula is C16H20BrN3. The van der Waals surface area contributed by atoms with Crippen LogP contribution in [0.1, 0.15) is 24.1 Å². The van der Waals surface area contributed by atoms with Crippen LogP contribution in [0.5, 0.6) is 0 Å². The third-order valence-corrected chi connectivity index (χ3v) is 3.93. The van der Waals surface area contributed by atoms with Gasteiger partial charge in [-0.1, -0.05) is 35.0 Å². The van der Waals surface area contributed by atoms with Crippen LogP contribution in [0.4, 0.5) is 0 Å². The minimum atomic E-state index is 0.227. The number of likely N-dealkylation sites (N-methyl/N-ethyl adjacent to an activating group) is 1. The molecule has 1 heterocycles. The van der Waals surface area contributed by atoms with E-state index >= 15 is 0 Å². The Kier molecular flexibility index (Phi) is 5.71. The van der Waals surface area contributed by atoms with Gasteiger partial charge in [-0.15, -0.1) is 0 Å². The van der Waals surface area contributed by atoms with Crippen molar-refractivity contribution in [3.63, 3.8) is 0 Å². The fourth-order valence-corrected chi connectivity index (χ4v) is 2.79. The second-order valence-corrected chi connectivity index (χ2v) is 5.64. The summed E-state index contributed by atoms with van der Waals surface area (Å²) < 4.78 is 1.09. The zero-order valence-electron chi connectivity index (χ0n) is 11.7. The van der Waals surface area contributed by atoms with Gasteiger partial charge in [0.2, 0.25) is 0 Å². The summed E-state index contributed by atoms with van der Waals surface area (Å²) in [7, 11) is 0. The number of aromatic nitrogens is 1. The molecular weight excluding hydrogens is 314 g/mol. The minimum Gasteiger partial charge on any atom is -0.329 e. The van der Waals surface area contributed by atoms with Crippen LogP contribution in [0, 0.1) is 0 Å². The molecule has 0 saturated carbocycles. The molecule has 1 aromatic carbocycles. The van der Waals surface area contributed by atoms with Crippen LogP contribution in [0.2, 0.25) is 0 Å². The van der Waals surface area contributed by atoms with Crippen molar-refractivity contribution in [1.82, 2.24) is 9.88 Å². The standard InChI is InChI=1S/C16H20BrN3/c1-2-20(12-13-6-8-19-9-7-13)16(11-18)14-4-3-5-15(17)10-14/h3-10,16H,2,11-12,18H2,1H3. The maximum absolute atomic E-state index is 6.02. The van der Waals surface area contributed by atoms with Crippen molar-refractivity contribution in [3.05, 3.63) is 64.4 Å². The van der Waals surface area contributed by atoms with Gasteiger partial charge in [-0.3, -0.25) is 9.88 Å². The number of benzene rings is 1. The van der Waals surface area contributed by atoms with Gasteiger partial charge in [-0.05, 0) is 41.9 Å². The quantitative estimate of drug-likeness (QED) is 0.881. The molecule has 0 spiro atoms. The van der Waals surface area contributed by atoms with E-state index in [1.54, 1.807) is 0 Å². The van der Waals surface area contributed by atoms with Crippen LogP contribution in [0.15, 0.2) is 53.3 Å². The van der Waals surface area contributed by atoms with Crippen molar-refractivity contribution >= 4 is 15.9 Å². The Morgan fingerprint density at radius 3 is 2.60 bits per heavy atom. The SMILES string of the molecule is CCN(Cc1ccncc1)C(CN)c1cccc(Br)c1. The van der Waals surface area contributed by atoms with Gasteiger partial charge in [0.1, 0.15) is 0 Å². The zero-order valence-corrected chi connectivity index (χ0v) is 13.3. The Morgan fingerprint density at radius 2 is 2.00 bits per heavy atom. The highest BCUT2D eigenvalue weighted by Crippen LogP contribution is 2.24. The van der Waals surface area contributed by atoms with Gasteiger partial charge in [0.15, 0.2) is 0 Å². The van der Waals surface area contributed by atoms with Crippen LogP contribution in [0.3, 0.4) is 0 Å². The van der Waals surface area contributed by atoms with Crippen molar-refractivity contribution in [1.29, 1.82) is 0 Å². The summed E-state index contributed by atoms with van der Waals surface area (Å²) in [5.41, 5.74) is 8.52. The maximum Gasteiger partial charge on any atom is 0.0474 e. The predicted octanol–water partition coefficient (Wildman–Crippen LogP) is 3.37. The van der Waals surface area contributed by atoms with Gasteiger partial charge in [0, 0.05) is 36.0 Å². The molecule has 0 aliphatic carbocycles. The third kappa shape index (κ3) is 3.88. The summed E-state index contributed by atoms with van der Waals surface area (Å²) in [4.78, 5) is 6.45. The highest BCUT2D eigenvalue weighted by atomic mass is 79.9. The Morgan fingerprint density at radius 1 is 1.25 bits per heavy atom. The molecule has 20 heavy (non-hydrogen) atoms. The van der Waals surface area contributed by atoms with Gasteiger partial charge in [-0.25, -0.2) is 0 Å². The molecule has 4 heteroatoms. The minimum absolute atomic E-state index is 0.227. The molecule has 0 saturated heterocycles. The van der Waals surface area contributed by atoms with Crippen LogP contribution in [-0.4, -0.2) is 23.0 Å². The van der Waals surface area contributed by atoms with E-state index in [9.17, 15) is 0 Å². The Hall–Kier alpha value is -1.23. The van der Waals surface area contributed by atoms with E-state index in [0.717, 1.165) is 17.6 Å².